The second kappa shape index (κ2) is 4.19. The van der Waals surface area contributed by atoms with Gasteiger partial charge in [-0.05, 0) is 25.9 Å². The van der Waals surface area contributed by atoms with Crippen molar-refractivity contribution in [2.75, 3.05) is 13.1 Å². The molecule has 4 heteroatoms. The van der Waals surface area contributed by atoms with Crippen LogP contribution in [0.15, 0.2) is 17.0 Å². The molecule has 14 heavy (non-hydrogen) atoms. The second-order valence-electron chi connectivity index (χ2n) is 3.93. The van der Waals surface area contributed by atoms with Crippen molar-refractivity contribution in [2.45, 2.75) is 31.3 Å². The van der Waals surface area contributed by atoms with Crippen LogP contribution in [-0.4, -0.2) is 36.3 Å². The van der Waals surface area contributed by atoms with Gasteiger partial charge in [-0.1, -0.05) is 6.42 Å². The standard InChI is InChI=1S/C10H16FN3/c11-8-6-13-7-9(12)10(8)14-4-2-1-3-5-14/h6-7,9-10H,1-5,12H2. The zero-order valence-corrected chi connectivity index (χ0v) is 8.19. The molecule has 2 rings (SSSR count). The fourth-order valence-corrected chi connectivity index (χ4v) is 2.17. The van der Waals surface area contributed by atoms with Gasteiger partial charge >= 0.3 is 0 Å². The fraction of sp³-hybridized carbons (Fsp3) is 0.700. The van der Waals surface area contributed by atoms with E-state index in [1.807, 2.05) is 0 Å². The molecule has 0 aromatic heterocycles. The lowest BCUT2D eigenvalue weighted by atomic mass is 10.0. The third-order valence-corrected chi connectivity index (χ3v) is 2.89. The maximum Gasteiger partial charge on any atom is 0.137 e. The van der Waals surface area contributed by atoms with Crippen LogP contribution in [0.2, 0.25) is 0 Å². The van der Waals surface area contributed by atoms with Crippen molar-refractivity contribution in [3.8, 4) is 0 Å². The van der Waals surface area contributed by atoms with E-state index in [0.717, 1.165) is 25.9 Å². The summed E-state index contributed by atoms with van der Waals surface area (Å²) in [6.07, 6.45) is 6.45. The van der Waals surface area contributed by atoms with Crippen LogP contribution in [0.4, 0.5) is 4.39 Å². The van der Waals surface area contributed by atoms with Crippen LogP contribution in [0, 0.1) is 0 Å². The molecular formula is C10H16FN3. The van der Waals surface area contributed by atoms with Gasteiger partial charge in [0, 0.05) is 6.21 Å². The van der Waals surface area contributed by atoms with Crippen molar-refractivity contribution >= 4 is 6.21 Å². The average Bonchev–Trinajstić information content (AvgIpc) is 2.19. The Morgan fingerprint density at radius 1 is 1.36 bits per heavy atom. The van der Waals surface area contributed by atoms with Gasteiger partial charge < -0.3 is 5.73 Å². The molecule has 2 aliphatic rings. The van der Waals surface area contributed by atoms with Gasteiger partial charge in [0.15, 0.2) is 0 Å². The number of hydrogen-bond acceptors (Lipinski definition) is 3. The van der Waals surface area contributed by atoms with Gasteiger partial charge in [-0.25, -0.2) is 4.39 Å². The second-order valence-corrected chi connectivity index (χ2v) is 3.93. The summed E-state index contributed by atoms with van der Waals surface area (Å²) in [6, 6.07) is -0.564. The highest BCUT2D eigenvalue weighted by Gasteiger charge is 2.30. The van der Waals surface area contributed by atoms with E-state index < -0.39 is 0 Å². The fourth-order valence-electron chi connectivity index (χ4n) is 2.17. The molecule has 78 valence electrons. The summed E-state index contributed by atoms with van der Waals surface area (Å²) < 4.78 is 13.5. The first kappa shape index (κ1) is 9.80. The summed E-state index contributed by atoms with van der Waals surface area (Å²) in [5.74, 6) is -0.193. The predicted molar refractivity (Wildman–Crippen MR) is 54.9 cm³/mol. The van der Waals surface area contributed by atoms with Crippen LogP contribution < -0.4 is 5.73 Å². The molecule has 0 spiro atoms. The van der Waals surface area contributed by atoms with Crippen LogP contribution in [-0.2, 0) is 0 Å². The van der Waals surface area contributed by atoms with E-state index >= 15 is 0 Å². The topological polar surface area (TPSA) is 41.6 Å². The third kappa shape index (κ3) is 1.86. The normalized spacial score (nSPS) is 34.3. The Kier molecular flexibility index (Phi) is 2.93. The van der Waals surface area contributed by atoms with E-state index in [9.17, 15) is 4.39 Å². The largest absolute Gasteiger partial charge is 0.322 e. The van der Waals surface area contributed by atoms with Crippen LogP contribution >= 0.6 is 0 Å². The molecule has 0 aromatic rings. The molecular weight excluding hydrogens is 181 g/mol. The van der Waals surface area contributed by atoms with E-state index in [1.54, 1.807) is 6.21 Å². The van der Waals surface area contributed by atoms with E-state index in [1.165, 1.54) is 12.6 Å². The quantitative estimate of drug-likeness (QED) is 0.683. The number of piperidine rings is 1. The monoisotopic (exact) mass is 197 g/mol. The number of hydrogen-bond donors (Lipinski definition) is 1. The van der Waals surface area contributed by atoms with Gasteiger partial charge in [0.2, 0.25) is 0 Å². The maximum absolute atomic E-state index is 13.5. The first-order chi connectivity index (χ1) is 6.79. The summed E-state index contributed by atoms with van der Waals surface area (Å²) in [7, 11) is 0. The molecule has 2 N–H and O–H groups in total. The Hall–Kier alpha value is -0.740. The SMILES string of the molecule is NC1C=NC=C(F)C1N1CCCCC1. The van der Waals surface area contributed by atoms with Gasteiger partial charge in [-0.3, -0.25) is 9.89 Å². The molecule has 0 saturated carbocycles. The van der Waals surface area contributed by atoms with E-state index in [-0.39, 0.29) is 17.9 Å². The molecule has 2 unspecified atom stereocenters. The Bertz CT molecular complexity index is 256. The van der Waals surface area contributed by atoms with Crippen molar-refractivity contribution in [3.63, 3.8) is 0 Å². The lowest BCUT2D eigenvalue weighted by molar-refractivity contribution is 0.160. The molecule has 2 atom stereocenters. The molecule has 0 bridgehead atoms. The van der Waals surface area contributed by atoms with Gasteiger partial charge in [0.1, 0.15) is 5.83 Å². The zero-order valence-electron chi connectivity index (χ0n) is 8.19. The highest BCUT2D eigenvalue weighted by molar-refractivity contribution is 5.68. The Labute approximate surface area is 83.5 Å². The Morgan fingerprint density at radius 3 is 2.71 bits per heavy atom. The lowest BCUT2D eigenvalue weighted by Gasteiger charge is -2.36. The summed E-state index contributed by atoms with van der Waals surface area (Å²) in [6.45, 7) is 1.90. The van der Waals surface area contributed by atoms with Crippen LogP contribution in [0.25, 0.3) is 0 Å². The van der Waals surface area contributed by atoms with E-state index in [4.69, 9.17) is 5.73 Å². The average molecular weight is 197 g/mol. The molecule has 0 amide bonds. The van der Waals surface area contributed by atoms with Gasteiger partial charge in [-0.2, -0.15) is 0 Å². The lowest BCUT2D eigenvalue weighted by Crippen LogP contribution is -2.51. The molecule has 1 fully saturated rings. The van der Waals surface area contributed by atoms with Gasteiger partial charge in [-0.15, -0.1) is 0 Å². The molecule has 2 heterocycles. The molecule has 0 aromatic carbocycles. The highest BCUT2D eigenvalue weighted by Crippen LogP contribution is 2.21. The minimum Gasteiger partial charge on any atom is -0.322 e. The van der Waals surface area contributed by atoms with Crippen LogP contribution in [0.1, 0.15) is 19.3 Å². The number of aliphatic imine (C=N–C) groups is 1. The minimum absolute atomic E-state index is 0.193. The van der Waals surface area contributed by atoms with Gasteiger partial charge in [0.05, 0.1) is 18.3 Å². The van der Waals surface area contributed by atoms with Crippen molar-refractivity contribution in [1.82, 2.24) is 4.90 Å². The van der Waals surface area contributed by atoms with Gasteiger partial charge in [0.25, 0.3) is 0 Å². The third-order valence-electron chi connectivity index (χ3n) is 2.89. The smallest absolute Gasteiger partial charge is 0.137 e. The summed E-state index contributed by atoms with van der Waals surface area (Å²) in [5.41, 5.74) is 5.83. The minimum atomic E-state index is -0.293. The number of halogens is 1. The van der Waals surface area contributed by atoms with E-state index in [2.05, 4.69) is 9.89 Å². The van der Waals surface area contributed by atoms with Crippen molar-refractivity contribution < 1.29 is 4.39 Å². The van der Waals surface area contributed by atoms with Crippen molar-refractivity contribution in [3.05, 3.63) is 12.0 Å². The maximum atomic E-state index is 13.5. The predicted octanol–water partition coefficient (Wildman–Crippen LogP) is 1.06. The molecule has 0 aliphatic carbocycles. The summed E-state index contributed by atoms with van der Waals surface area (Å²) >= 11 is 0. The van der Waals surface area contributed by atoms with Crippen LogP contribution in [0.5, 0.6) is 0 Å². The summed E-state index contributed by atoms with van der Waals surface area (Å²) in [4.78, 5) is 5.90. The molecule has 3 nitrogen and oxygen atoms in total. The first-order valence-corrected chi connectivity index (χ1v) is 5.17. The zero-order chi connectivity index (χ0) is 9.97. The number of nitrogens with zero attached hydrogens (tertiary/aromatic N) is 2. The highest BCUT2D eigenvalue weighted by atomic mass is 19.1. The Balaban J connectivity index is 2.07. The number of nitrogens with two attached hydrogens (primary N) is 1. The van der Waals surface area contributed by atoms with Crippen LogP contribution in [0.3, 0.4) is 0 Å². The number of likely N-dealkylation sites (tertiary alicyclic amines) is 1. The molecule has 1 saturated heterocycles. The van der Waals surface area contributed by atoms with Crippen molar-refractivity contribution in [2.24, 2.45) is 10.7 Å². The Morgan fingerprint density at radius 2 is 2.07 bits per heavy atom. The molecule has 0 radical (unpaired) electrons. The van der Waals surface area contributed by atoms with Crippen molar-refractivity contribution in [1.29, 1.82) is 0 Å². The molecule has 2 aliphatic heterocycles. The first-order valence-electron chi connectivity index (χ1n) is 5.17. The number of rotatable bonds is 1. The summed E-state index contributed by atoms with van der Waals surface area (Å²) in [5, 5.41) is 0. The van der Waals surface area contributed by atoms with E-state index in [0.29, 0.717) is 0 Å².